The molecule has 16 heavy (non-hydrogen) atoms. The standard InChI is InChI=1S/C14H13BrO/c15-10-4-3-7-13-12-6-2-1-5-11(12)8-9-14(13)16/h1-3,5-9,16H,4,10H2. The Kier molecular flexibility index (Phi) is 3.62. The van der Waals surface area contributed by atoms with Crippen molar-refractivity contribution < 1.29 is 5.11 Å². The normalized spacial score (nSPS) is 11.3. The molecule has 0 radical (unpaired) electrons. The first-order valence-corrected chi connectivity index (χ1v) is 6.38. The molecule has 1 nitrogen and oxygen atoms in total. The van der Waals surface area contributed by atoms with E-state index in [0.717, 1.165) is 28.1 Å². The molecular weight excluding hydrogens is 264 g/mol. The average Bonchev–Trinajstić information content (AvgIpc) is 2.32. The van der Waals surface area contributed by atoms with Gasteiger partial charge in [-0.25, -0.2) is 0 Å². The van der Waals surface area contributed by atoms with Crippen LogP contribution in [0.25, 0.3) is 16.8 Å². The first-order valence-electron chi connectivity index (χ1n) is 5.26. The summed E-state index contributed by atoms with van der Waals surface area (Å²) >= 11 is 3.38. The smallest absolute Gasteiger partial charge is 0.123 e. The van der Waals surface area contributed by atoms with Crippen LogP contribution in [-0.2, 0) is 0 Å². The summed E-state index contributed by atoms with van der Waals surface area (Å²) in [5.74, 6) is 0.338. The second-order valence-electron chi connectivity index (χ2n) is 3.60. The van der Waals surface area contributed by atoms with Gasteiger partial charge in [0.25, 0.3) is 0 Å². The third-order valence-corrected chi connectivity index (χ3v) is 2.97. The Bertz CT molecular complexity index is 517. The number of halogens is 1. The number of benzene rings is 2. The molecule has 0 aliphatic heterocycles. The fourth-order valence-corrected chi connectivity index (χ4v) is 1.99. The fourth-order valence-electron chi connectivity index (χ4n) is 1.72. The van der Waals surface area contributed by atoms with Gasteiger partial charge in [-0.05, 0) is 23.3 Å². The third-order valence-electron chi connectivity index (χ3n) is 2.51. The topological polar surface area (TPSA) is 20.2 Å². The molecule has 0 heterocycles. The molecule has 0 saturated carbocycles. The monoisotopic (exact) mass is 276 g/mol. The lowest BCUT2D eigenvalue weighted by Gasteiger charge is -2.04. The molecule has 0 atom stereocenters. The van der Waals surface area contributed by atoms with E-state index in [2.05, 4.69) is 28.1 Å². The lowest BCUT2D eigenvalue weighted by Crippen LogP contribution is -1.80. The van der Waals surface area contributed by atoms with Gasteiger partial charge in [0.1, 0.15) is 5.75 Å². The molecule has 0 aliphatic carbocycles. The average molecular weight is 277 g/mol. The minimum atomic E-state index is 0.338. The number of aromatic hydroxyl groups is 1. The number of alkyl halides is 1. The van der Waals surface area contributed by atoms with Crippen molar-refractivity contribution in [2.45, 2.75) is 6.42 Å². The van der Waals surface area contributed by atoms with Crippen LogP contribution < -0.4 is 0 Å². The van der Waals surface area contributed by atoms with E-state index in [9.17, 15) is 5.11 Å². The summed E-state index contributed by atoms with van der Waals surface area (Å²) in [5, 5.41) is 13.0. The molecule has 0 amide bonds. The lowest BCUT2D eigenvalue weighted by atomic mass is 10.0. The van der Waals surface area contributed by atoms with Crippen molar-refractivity contribution in [3.05, 3.63) is 48.0 Å². The van der Waals surface area contributed by atoms with Gasteiger partial charge in [0.2, 0.25) is 0 Å². The molecular formula is C14H13BrO. The second-order valence-corrected chi connectivity index (χ2v) is 4.39. The van der Waals surface area contributed by atoms with E-state index < -0.39 is 0 Å². The summed E-state index contributed by atoms with van der Waals surface area (Å²) in [6.45, 7) is 0. The van der Waals surface area contributed by atoms with E-state index in [4.69, 9.17) is 0 Å². The van der Waals surface area contributed by atoms with Gasteiger partial charge < -0.3 is 5.11 Å². The quantitative estimate of drug-likeness (QED) is 0.827. The van der Waals surface area contributed by atoms with E-state index in [1.54, 1.807) is 6.07 Å². The van der Waals surface area contributed by atoms with Crippen LogP contribution in [-0.4, -0.2) is 10.4 Å². The molecule has 0 fully saturated rings. The SMILES string of the molecule is Oc1ccc2ccccc2c1C=CCCBr. The Morgan fingerprint density at radius 2 is 1.94 bits per heavy atom. The Morgan fingerprint density at radius 3 is 2.75 bits per heavy atom. The van der Waals surface area contributed by atoms with Crippen LogP contribution in [0.2, 0.25) is 0 Å². The summed E-state index contributed by atoms with van der Waals surface area (Å²) in [7, 11) is 0. The second kappa shape index (κ2) is 5.17. The molecule has 2 rings (SSSR count). The van der Waals surface area contributed by atoms with Crippen molar-refractivity contribution in [1.29, 1.82) is 0 Å². The number of phenolic OH excluding ortho intramolecular Hbond substituents is 1. The maximum Gasteiger partial charge on any atom is 0.123 e. The van der Waals surface area contributed by atoms with E-state index in [1.807, 2.05) is 30.3 Å². The van der Waals surface area contributed by atoms with Gasteiger partial charge in [0.15, 0.2) is 0 Å². The summed E-state index contributed by atoms with van der Waals surface area (Å²) in [6.07, 6.45) is 5.01. The van der Waals surface area contributed by atoms with Crippen molar-refractivity contribution in [3.63, 3.8) is 0 Å². The number of rotatable bonds is 3. The van der Waals surface area contributed by atoms with Crippen molar-refractivity contribution >= 4 is 32.8 Å². The zero-order valence-electron chi connectivity index (χ0n) is 8.86. The lowest BCUT2D eigenvalue weighted by molar-refractivity contribution is 0.475. The molecule has 1 N–H and O–H groups in total. The van der Waals surface area contributed by atoms with Gasteiger partial charge in [-0.15, -0.1) is 0 Å². The minimum Gasteiger partial charge on any atom is -0.507 e. The minimum absolute atomic E-state index is 0.338. The fraction of sp³-hybridized carbons (Fsp3) is 0.143. The van der Waals surface area contributed by atoms with Crippen LogP contribution in [0.15, 0.2) is 42.5 Å². The maximum atomic E-state index is 9.84. The zero-order valence-corrected chi connectivity index (χ0v) is 10.4. The van der Waals surface area contributed by atoms with Crippen molar-refractivity contribution in [1.82, 2.24) is 0 Å². The number of allylic oxidation sites excluding steroid dienone is 1. The van der Waals surface area contributed by atoms with Gasteiger partial charge in [0, 0.05) is 10.9 Å². The first-order chi connectivity index (χ1) is 7.83. The highest BCUT2D eigenvalue weighted by atomic mass is 79.9. The van der Waals surface area contributed by atoms with Gasteiger partial charge in [-0.2, -0.15) is 0 Å². The molecule has 0 saturated heterocycles. The van der Waals surface area contributed by atoms with Crippen molar-refractivity contribution in [2.75, 3.05) is 5.33 Å². The van der Waals surface area contributed by atoms with Crippen molar-refractivity contribution in [2.24, 2.45) is 0 Å². The predicted octanol–water partition coefficient (Wildman–Crippen LogP) is 4.34. The van der Waals surface area contributed by atoms with Gasteiger partial charge in [-0.1, -0.05) is 58.4 Å². The number of fused-ring (bicyclic) bond motifs is 1. The van der Waals surface area contributed by atoms with Crippen LogP contribution in [0.4, 0.5) is 0 Å². The molecule has 0 aliphatic rings. The van der Waals surface area contributed by atoms with Crippen LogP contribution in [0, 0.1) is 0 Å². The number of hydrogen-bond donors (Lipinski definition) is 1. The Labute approximate surface area is 104 Å². The van der Waals surface area contributed by atoms with Gasteiger partial charge in [0.05, 0.1) is 0 Å². The summed E-state index contributed by atoms with van der Waals surface area (Å²) < 4.78 is 0. The molecule has 0 bridgehead atoms. The van der Waals surface area contributed by atoms with E-state index in [1.165, 1.54) is 0 Å². The molecule has 2 aromatic rings. The first kappa shape index (κ1) is 11.2. The highest BCUT2D eigenvalue weighted by Gasteiger charge is 2.02. The van der Waals surface area contributed by atoms with Crippen molar-refractivity contribution in [3.8, 4) is 5.75 Å². The maximum absolute atomic E-state index is 9.84. The van der Waals surface area contributed by atoms with Crippen LogP contribution in [0.1, 0.15) is 12.0 Å². The molecule has 0 aromatic heterocycles. The number of hydrogen-bond acceptors (Lipinski definition) is 1. The Morgan fingerprint density at radius 1 is 1.12 bits per heavy atom. The van der Waals surface area contributed by atoms with E-state index >= 15 is 0 Å². The van der Waals surface area contributed by atoms with Crippen LogP contribution in [0.5, 0.6) is 5.75 Å². The summed E-state index contributed by atoms with van der Waals surface area (Å²) in [5.41, 5.74) is 0.902. The van der Waals surface area contributed by atoms with E-state index in [0.29, 0.717) is 5.75 Å². The molecule has 2 heteroatoms. The molecule has 0 spiro atoms. The third kappa shape index (κ3) is 2.27. The number of phenols is 1. The molecule has 2 aromatic carbocycles. The Hall–Kier alpha value is -1.28. The van der Waals surface area contributed by atoms with Gasteiger partial charge >= 0.3 is 0 Å². The largest absolute Gasteiger partial charge is 0.507 e. The molecule has 0 unspecified atom stereocenters. The van der Waals surface area contributed by atoms with E-state index in [-0.39, 0.29) is 0 Å². The molecule has 82 valence electrons. The summed E-state index contributed by atoms with van der Waals surface area (Å²) in [6, 6.07) is 11.8. The van der Waals surface area contributed by atoms with Gasteiger partial charge in [-0.3, -0.25) is 0 Å². The highest BCUT2D eigenvalue weighted by Crippen LogP contribution is 2.28. The van der Waals surface area contributed by atoms with Crippen LogP contribution >= 0.6 is 15.9 Å². The highest BCUT2D eigenvalue weighted by molar-refractivity contribution is 9.09. The Balaban J connectivity index is 2.52. The predicted molar refractivity (Wildman–Crippen MR) is 73.1 cm³/mol. The summed E-state index contributed by atoms with van der Waals surface area (Å²) in [4.78, 5) is 0. The van der Waals surface area contributed by atoms with Crippen LogP contribution in [0.3, 0.4) is 0 Å². The zero-order chi connectivity index (χ0) is 11.4.